The van der Waals surface area contributed by atoms with Gasteiger partial charge in [-0.15, -0.1) is 0 Å². The lowest BCUT2D eigenvalue weighted by molar-refractivity contribution is 0.676. The van der Waals surface area contributed by atoms with Crippen LogP contribution in [-0.2, 0) is 6.54 Å². The molecular weight excluding hydrogens is 262 g/mol. The number of H-pyrrole nitrogens is 1. The molecule has 0 saturated carbocycles. The van der Waals surface area contributed by atoms with Crippen molar-refractivity contribution in [3.8, 4) is 0 Å². The molecule has 0 amide bonds. The number of aromatic nitrogens is 2. The summed E-state index contributed by atoms with van der Waals surface area (Å²) in [5, 5.41) is 6.50. The molecule has 4 nitrogen and oxygen atoms in total. The van der Waals surface area contributed by atoms with Gasteiger partial charge in [0.25, 0.3) is 5.56 Å². The van der Waals surface area contributed by atoms with E-state index in [0.717, 1.165) is 5.56 Å². The van der Waals surface area contributed by atoms with Crippen molar-refractivity contribution in [2.24, 2.45) is 0 Å². The van der Waals surface area contributed by atoms with Crippen LogP contribution >= 0.6 is 11.6 Å². The van der Waals surface area contributed by atoms with E-state index in [4.69, 9.17) is 11.6 Å². The highest BCUT2D eigenvalue weighted by molar-refractivity contribution is 6.33. The van der Waals surface area contributed by atoms with Crippen molar-refractivity contribution in [2.75, 3.05) is 4.90 Å². The molecule has 0 atom stereocenters. The molecule has 0 radical (unpaired) electrons. The Balaban J connectivity index is 2.39. The molecule has 1 aromatic heterocycles. The zero-order valence-corrected chi connectivity index (χ0v) is 11.7. The van der Waals surface area contributed by atoms with E-state index in [-0.39, 0.29) is 11.6 Å². The number of hydrogen-bond acceptors (Lipinski definition) is 3. The molecule has 0 unspecified atom stereocenters. The first-order chi connectivity index (χ1) is 9.09. The molecule has 1 N–H and O–H groups in total. The molecule has 1 heterocycles. The Hall–Kier alpha value is -1.81. The average Bonchev–Trinajstić information content (AvgIpc) is 2.38. The first-order valence-electron chi connectivity index (χ1n) is 6.13. The van der Waals surface area contributed by atoms with E-state index in [1.807, 2.05) is 49.1 Å². The largest absolute Gasteiger partial charge is 0.359 e. The van der Waals surface area contributed by atoms with Gasteiger partial charge in [0.2, 0.25) is 0 Å². The summed E-state index contributed by atoms with van der Waals surface area (Å²) >= 11 is 6.11. The maximum absolute atomic E-state index is 11.9. The van der Waals surface area contributed by atoms with Gasteiger partial charge in [-0.2, -0.15) is 5.10 Å². The van der Waals surface area contributed by atoms with Gasteiger partial charge >= 0.3 is 0 Å². The third-order valence-corrected chi connectivity index (χ3v) is 3.17. The van der Waals surface area contributed by atoms with Crippen LogP contribution in [0.2, 0.25) is 5.02 Å². The summed E-state index contributed by atoms with van der Waals surface area (Å²) in [6.07, 6.45) is 1.46. The quantitative estimate of drug-likeness (QED) is 0.935. The number of benzene rings is 1. The second-order valence-corrected chi connectivity index (χ2v) is 5.01. The molecule has 2 aromatic rings. The predicted octanol–water partition coefficient (Wildman–Crippen LogP) is 2.84. The maximum atomic E-state index is 11.9. The number of rotatable bonds is 4. The Morgan fingerprint density at radius 3 is 2.58 bits per heavy atom. The average molecular weight is 278 g/mol. The highest BCUT2D eigenvalue weighted by atomic mass is 35.5. The molecule has 0 aliphatic carbocycles. The van der Waals surface area contributed by atoms with Crippen LogP contribution < -0.4 is 10.5 Å². The van der Waals surface area contributed by atoms with Crippen LogP contribution in [0.3, 0.4) is 0 Å². The van der Waals surface area contributed by atoms with Crippen molar-refractivity contribution in [3.05, 3.63) is 57.5 Å². The van der Waals surface area contributed by atoms with Crippen LogP contribution in [0.1, 0.15) is 19.4 Å². The van der Waals surface area contributed by atoms with E-state index in [1.54, 1.807) is 0 Å². The van der Waals surface area contributed by atoms with Gasteiger partial charge < -0.3 is 4.90 Å². The molecule has 19 heavy (non-hydrogen) atoms. The topological polar surface area (TPSA) is 49.0 Å². The molecule has 0 bridgehead atoms. The highest BCUT2D eigenvalue weighted by Crippen LogP contribution is 2.23. The van der Waals surface area contributed by atoms with Crippen LogP contribution in [-0.4, -0.2) is 16.2 Å². The summed E-state index contributed by atoms with van der Waals surface area (Å²) in [5.74, 6) is 0. The van der Waals surface area contributed by atoms with E-state index in [2.05, 4.69) is 10.2 Å². The Bertz CT molecular complexity index is 595. The monoisotopic (exact) mass is 277 g/mol. The van der Waals surface area contributed by atoms with Crippen molar-refractivity contribution in [3.63, 3.8) is 0 Å². The van der Waals surface area contributed by atoms with Gasteiger partial charge in [0.05, 0.1) is 11.2 Å². The molecule has 0 fully saturated rings. The first kappa shape index (κ1) is 13.6. The summed E-state index contributed by atoms with van der Waals surface area (Å²) in [6, 6.07) is 10.1. The second kappa shape index (κ2) is 5.89. The van der Waals surface area contributed by atoms with Crippen LogP contribution in [0.4, 0.5) is 5.69 Å². The Kier molecular flexibility index (Phi) is 4.22. The molecular formula is C14H16ClN3O. The predicted molar refractivity (Wildman–Crippen MR) is 77.6 cm³/mol. The summed E-state index contributed by atoms with van der Waals surface area (Å²) in [4.78, 5) is 13.9. The van der Waals surface area contributed by atoms with Gasteiger partial charge in [0, 0.05) is 12.6 Å². The number of aromatic amines is 1. The van der Waals surface area contributed by atoms with E-state index in [0.29, 0.717) is 17.3 Å². The van der Waals surface area contributed by atoms with Gasteiger partial charge in [-0.3, -0.25) is 4.79 Å². The molecule has 0 saturated heterocycles. The summed E-state index contributed by atoms with van der Waals surface area (Å²) in [6.45, 7) is 4.68. The SMILES string of the molecule is CC(C)N(Cc1ccccc1)c1c(Cl)cn[nH]c1=O. The minimum Gasteiger partial charge on any atom is -0.359 e. The zero-order valence-electron chi connectivity index (χ0n) is 10.9. The molecule has 100 valence electrons. The number of nitrogens with one attached hydrogen (secondary N) is 1. The van der Waals surface area contributed by atoms with Crippen molar-refractivity contribution in [1.29, 1.82) is 0 Å². The van der Waals surface area contributed by atoms with Crippen LogP contribution in [0.15, 0.2) is 41.3 Å². The van der Waals surface area contributed by atoms with Gasteiger partial charge in [-0.05, 0) is 19.4 Å². The number of nitrogens with zero attached hydrogens (tertiary/aromatic N) is 2. The molecule has 0 spiro atoms. The van der Waals surface area contributed by atoms with E-state index in [9.17, 15) is 4.79 Å². The summed E-state index contributed by atoms with van der Waals surface area (Å²) in [7, 11) is 0. The minimum atomic E-state index is -0.267. The molecule has 5 heteroatoms. The fourth-order valence-corrected chi connectivity index (χ4v) is 2.18. The van der Waals surface area contributed by atoms with Crippen molar-refractivity contribution >= 4 is 17.3 Å². The number of hydrogen-bond donors (Lipinski definition) is 1. The highest BCUT2D eigenvalue weighted by Gasteiger charge is 2.18. The summed E-state index contributed by atoms with van der Waals surface area (Å²) in [5.41, 5.74) is 1.33. The van der Waals surface area contributed by atoms with Crippen LogP contribution in [0, 0.1) is 0 Å². The summed E-state index contributed by atoms with van der Waals surface area (Å²) < 4.78 is 0. The molecule has 1 aromatic carbocycles. The lowest BCUT2D eigenvalue weighted by Crippen LogP contribution is -2.35. The number of anilines is 1. The number of halogens is 1. The first-order valence-corrected chi connectivity index (χ1v) is 6.51. The van der Waals surface area contributed by atoms with Crippen LogP contribution in [0.5, 0.6) is 0 Å². The van der Waals surface area contributed by atoms with Crippen molar-refractivity contribution in [1.82, 2.24) is 10.2 Å². The standard InChI is InChI=1S/C14H16ClN3O/c1-10(2)18(9-11-6-4-3-5-7-11)13-12(15)8-16-17-14(13)19/h3-8,10H,9H2,1-2H3,(H,17,19). The van der Waals surface area contributed by atoms with Gasteiger partial charge in [-0.25, -0.2) is 5.10 Å². The fraction of sp³-hybridized carbons (Fsp3) is 0.286. The van der Waals surface area contributed by atoms with E-state index < -0.39 is 0 Å². The van der Waals surface area contributed by atoms with E-state index >= 15 is 0 Å². The third kappa shape index (κ3) is 3.15. The van der Waals surface area contributed by atoms with Crippen molar-refractivity contribution in [2.45, 2.75) is 26.4 Å². The third-order valence-electron chi connectivity index (χ3n) is 2.89. The van der Waals surface area contributed by atoms with Gasteiger partial charge in [0.15, 0.2) is 0 Å². The van der Waals surface area contributed by atoms with Gasteiger partial charge in [0.1, 0.15) is 5.69 Å². The van der Waals surface area contributed by atoms with Crippen LogP contribution in [0.25, 0.3) is 0 Å². The van der Waals surface area contributed by atoms with E-state index in [1.165, 1.54) is 6.20 Å². The fourth-order valence-electron chi connectivity index (χ4n) is 1.94. The van der Waals surface area contributed by atoms with Gasteiger partial charge in [-0.1, -0.05) is 41.9 Å². The molecule has 0 aliphatic heterocycles. The Morgan fingerprint density at radius 1 is 1.32 bits per heavy atom. The lowest BCUT2D eigenvalue weighted by atomic mass is 10.2. The normalized spacial score (nSPS) is 10.7. The smallest absolute Gasteiger partial charge is 0.289 e. The zero-order chi connectivity index (χ0) is 13.8. The minimum absolute atomic E-state index is 0.154. The molecule has 0 aliphatic rings. The molecule has 2 rings (SSSR count). The van der Waals surface area contributed by atoms with Crippen molar-refractivity contribution < 1.29 is 0 Å². The Labute approximate surface area is 117 Å². The Morgan fingerprint density at radius 2 is 2.00 bits per heavy atom. The lowest BCUT2D eigenvalue weighted by Gasteiger charge is -2.28. The maximum Gasteiger partial charge on any atom is 0.289 e. The second-order valence-electron chi connectivity index (χ2n) is 4.60.